The Balaban J connectivity index is 2.78. The van der Waals surface area contributed by atoms with Crippen LogP contribution in [0.3, 0.4) is 0 Å². The number of hydrogen-bond donors (Lipinski definition) is 1. The average Bonchev–Trinajstić information content (AvgIpc) is 2.13. The van der Waals surface area contributed by atoms with Gasteiger partial charge in [0.2, 0.25) is 0 Å². The molecule has 0 unspecified atom stereocenters. The van der Waals surface area contributed by atoms with E-state index >= 15 is 0 Å². The van der Waals surface area contributed by atoms with Crippen LogP contribution in [0.1, 0.15) is 5.56 Å². The van der Waals surface area contributed by atoms with Crippen LogP contribution in [0.15, 0.2) is 18.2 Å². The maximum atomic E-state index is 11.9. The smallest absolute Gasteiger partial charge is 0.422 e. The highest BCUT2D eigenvalue weighted by atomic mass is 35.5. The highest BCUT2D eigenvalue weighted by Gasteiger charge is 2.28. The SMILES string of the molecule is NC(=S)c1ccc(OCC(F)(F)F)cc1Cl. The number of thiocarbonyl (C=S) groups is 1. The van der Waals surface area contributed by atoms with Crippen LogP contribution in [0.25, 0.3) is 0 Å². The van der Waals surface area contributed by atoms with Gasteiger partial charge in [-0.2, -0.15) is 13.2 Å². The zero-order chi connectivity index (χ0) is 12.3. The third kappa shape index (κ3) is 3.86. The molecular formula is C9H7ClF3NOS. The van der Waals surface area contributed by atoms with Crippen molar-refractivity contribution < 1.29 is 17.9 Å². The van der Waals surface area contributed by atoms with E-state index in [0.717, 1.165) is 0 Å². The molecule has 2 N–H and O–H groups in total. The second-order valence-electron chi connectivity index (χ2n) is 2.91. The lowest BCUT2D eigenvalue weighted by Crippen LogP contribution is -2.19. The summed E-state index contributed by atoms with van der Waals surface area (Å²) in [5.74, 6) is 0.0160. The van der Waals surface area contributed by atoms with Crippen molar-refractivity contribution in [3.63, 3.8) is 0 Å². The Hall–Kier alpha value is -1.01. The fourth-order valence-electron chi connectivity index (χ4n) is 0.951. The van der Waals surface area contributed by atoms with Crippen LogP contribution in [-0.4, -0.2) is 17.8 Å². The standard InChI is InChI=1S/C9H7ClF3NOS/c10-7-3-5(15-4-9(11,12)13)1-2-6(7)8(14)16/h1-3H,4H2,(H2,14,16). The second kappa shape index (κ2) is 4.88. The largest absolute Gasteiger partial charge is 0.484 e. The molecule has 0 spiro atoms. The topological polar surface area (TPSA) is 35.2 Å². The highest BCUT2D eigenvalue weighted by molar-refractivity contribution is 7.80. The zero-order valence-corrected chi connectivity index (χ0v) is 9.42. The van der Waals surface area contributed by atoms with Gasteiger partial charge in [-0.25, -0.2) is 0 Å². The van der Waals surface area contributed by atoms with Crippen molar-refractivity contribution in [2.75, 3.05) is 6.61 Å². The number of halogens is 4. The van der Waals surface area contributed by atoms with Gasteiger partial charge in [-0.3, -0.25) is 0 Å². The molecule has 0 aliphatic carbocycles. The van der Waals surface area contributed by atoms with Crippen LogP contribution >= 0.6 is 23.8 Å². The number of rotatable bonds is 3. The van der Waals surface area contributed by atoms with Crippen molar-refractivity contribution in [3.05, 3.63) is 28.8 Å². The lowest BCUT2D eigenvalue weighted by Gasteiger charge is -2.10. The second-order valence-corrected chi connectivity index (χ2v) is 3.76. The molecule has 1 rings (SSSR count). The molecule has 7 heteroatoms. The van der Waals surface area contributed by atoms with Gasteiger partial charge in [0.25, 0.3) is 0 Å². The fraction of sp³-hybridized carbons (Fsp3) is 0.222. The van der Waals surface area contributed by atoms with E-state index < -0.39 is 12.8 Å². The Kier molecular flexibility index (Phi) is 3.98. The Bertz CT molecular complexity index is 408. The number of hydrogen-bond acceptors (Lipinski definition) is 2. The van der Waals surface area contributed by atoms with Crippen LogP contribution in [-0.2, 0) is 0 Å². The minimum Gasteiger partial charge on any atom is -0.484 e. The van der Waals surface area contributed by atoms with Gasteiger partial charge in [0.1, 0.15) is 10.7 Å². The minimum absolute atomic E-state index is 0.0160. The van der Waals surface area contributed by atoms with Gasteiger partial charge in [-0.05, 0) is 18.2 Å². The van der Waals surface area contributed by atoms with Gasteiger partial charge in [0.15, 0.2) is 6.61 Å². The summed E-state index contributed by atoms with van der Waals surface area (Å²) in [6.45, 7) is -1.37. The Morgan fingerprint density at radius 2 is 2.06 bits per heavy atom. The summed E-state index contributed by atoms with van der Waals surface area (Å²) in [5, 5.41) is 0.159. The molecular weight excluding hydrogens is 263 g/mol. The van der Waals surface area contributed by atoms with Crippen LogP contribution < -0.4 is 10.5 Å². The number of ether oxygens (including phenoxy) is 1. The summed E-state index contributed by atoms with van der Waals surface area (Å²) in [6, 6.07) is 3.98. The van der Waals surface area contributed by atoms with E-state index in [0.29, 0.717) is 5.56 Å². The molecule has 0 radical (unpaired) electrons. The third-order valence-electron chi connectivity index (χ3n) is 1.61. The van der Waals surface area contributed by atoms with E-state index in [1.807, 2.05) is 0 Å². The van der Waals surface area contributed by atoms with Crippen molar-refractivity contribution in [3.8, 4) is 5.75 Å². The average molecular weight is 270 g/mol. The minimum atomic E-state index is -4.38. The number of nitrogens with two attached hydrogens (primary N) is 1. The fourth-order valence-corrected chi connectivity index (χ4v) is 1.46. The summed E-state index contributed by atoms with van der Waals surface area (Å²) in [7, 11) is 0. The summed E-state index contributed by atoms with van der Waals surface area (Å²) >= 11 is 10.4. The van der Waals surface area contributed by atoms with E-state index in [1.165, 1.54) is 18.2 Å². The molecule has 0 amide bonds. The lowest BCUT2D eigenvalue weighted by molar-refractivity contribution is -0.153. The van der Waals surface area contributed by atoms with Gasteiger partial charge in [-0.15, -0.1) is 0 Å². The molecule has 0 saturated heterocycles. The Morgan fingerprint density at radius 1 is 1.44 bits per heavy atom. The van der Waals surface area contributed by atoms with Gasteiger partial charge in [-0.1, -0.05) is 23.8 Å². The summed E-state index contributed by atoms with van der Waals surface area (Å²) < 4.78 is 40.0. The molecule has 1 aromatic carbocycles. The van der Waals surface area contributed by atoms with E-state index in [1.54, 1.807) is 0 Å². The molecule has 0 saturated carbocycles. The lowest BCUT2D eigenvalue weighted by atomic mass is 10.2. The quantitative estimate of drug-likeness (QED) is 0.857. The Morgan fingerprint density at radius 3 is 2.50 bits per heavy atom. The van der Waals surface area contributed by atoms with Crippen molar-refractivity contribution in [1.29, 1.82) is 0 Å². The molecule has 1 aromatic rings. The molecule has 0 aliphatic rings. The Labute approximate surface area is 100 Å². The first kappa shape index (κ1) is 13.1. The maximum Gasteiger partial charge on any atom is 0.422 e. The molecule has 0 fully saturated rings. The van der Waals surface area contributed by atoms with E-state index in [4.69, 9.17) is 17.3 Å². The molecule has 16 heavy (non-hydrogen) atoms. The molecule has 0 atom stereocenters. The van der Waals surface area contributed by atoms with Crippen molar-refractivity contribution >= 4 is 28.8 Å². The van der Waals surface area contributed by atoms with E-state index in [2.05, 4.69) is 17.0 Å². The van der Waals surface area contributed by atoms with Crippen LogP contribution in [0.4, 0.5) is 13.2 Å². The number of alkyl halides is 3. The van der Waals surface area contributed by atoms with Crippen molar-refractivity contribution in [2.24, 2.45) is 5.73 Å². The first-order valence-corrected chi connectivity index (χ1v) is 4.87. The predicted molar refractivity (Wildman–Crippen MR) is 58.9 cm³/mol. The molecule has 0 aliphatic heterocycles. The molecule has 2 nitrogen and oxygen atoms in total. The predicted octanol–water partition coefficient (Wildman–Crippen LogP) is 2.92. The molecule has 0 aromatic heterocycles. The van der Waals surface area contributed by atoms with E-state index in [9.17, 15) is 13.2 Å². The van der Waals surface area contributed by atoms with Gasteiger partial charge < -0.3 is 10.5 Å². The first-order chi connectivity index (χ1) is 7.29. The maximum absolute atomic E-state index is 11.9. The van der Waals surface area contributed by atoms with Crippen LogP contribution in [0.5, 0.6) is 5.75 Å². The zero-order valence-electron chi connectivity index (χ0n) is 7.84. The van der Waals surface area contributed by atoms with Gasteiger partial charge in [0.05, 0.1) is 5.02 Å². The number of benzene rings is 1. The van der Waals surface area contributed by atoms with Crippen LogP contribution in [0, 0.1) is 0 Å². The molecule has 0 bridgehead atoms. The van der Waals surface area contributed by atoms with Crippen molar-refractivity contribution in [2.45, 2.75) is 6.18 Å². The van der Waals surface area contributed by atoms with Crippen molar-refractivity contribution in [1.82, 2.24) is 0 Å². The molecule has 0 heterocycles. The van der Waals surface area contributed by atoms with E-state index in [-0.39, 0.29) is 15.8 Å². The third-order valence-corrected chi connectivity index (χ3v) is 2.14. The van der Waals surface area contributed by atoms with Gasteiger partial charge in [0, 0.05) is 5.56 Å². The highest BCUT2D eigenvalue weighted by Crippen LogP contribution is 2.24. The monoisotopic (exact) mass is 269 g/mol. The first-order valence-electron chi connectivity index (χ1n) is 4.08. The summed E-state index contributed by atoms with van der Waals surface area (Å²) in [5.41, 5.74) is 5.73. The summed E-state index contributed by atoms with van der Waals surface area (Å²) in [4.78, 5) is 0.0763. The normalized spacial score (nSPS) is 11.2. The summed E-state index contributed by atoms with van der Waals surface area (Å²) in [6.07, 6.45) is -4.38. The van der Waals surface area contributed by atoms with Crippen LogP contribution in [0.2, 0.25) is 5.02 Å². The van der Waals surface area contributed by atoms with Gasteiger partial charge >= 0.3 is 6.18 Å². The molecule has 88 valence electrons.